The maximum absolute atomic E-state index is 12.7. The van der Waals surface area contributed by atoms with Crippen LogP contribution in [0.5, 0.6) is 0 Å². The average Bonchev–Trinajstić information content (AvgIpc) is 3.05. The molecule has 2 saturated carbocycles. The van der Waals surface area contributed by atoms with Gasteiger partial charge in [0.2, 0.25) is 5.91 Å². The number of rotatable bonds is 3. The molecule has 0 N–H and O–H groups in total. The van der Waals surface area contributed by atoms with E-state index in [1.165, 1.54) is 38.5 Å². The number of carbonyl (C=O) groups is 1. The topological polar surface area (TPSA) is 23.6 Å². The fourth-order valence-corrected chi connectivity index (χ4v) is 3.67. The summed E-state index contributed by atoms with van der Waals surface area (Å²) in [5, 5.41) is 0. The molecule has 18 heavy (non-hydrogen) atoms. The van der Waals surface area contributed by atoms with Crippen molar-refractivity contribution in [2.45, 2.75) is 63.5 Å². The molecule has 3 aliphatic rings. The zero-order valence-corrected chi connectivity index (χ0v) is 11.6. The molecule has 0 atom stereocenters. The molecule has 3 rings (SSSR count). The number of amides is 1. The summed E-state index contributed by atoms with van der Waals surface area (Å²) in [6.45, 7) is 2.32. The lowest BCUT2D eigenvalue weighted by atomic mass is 9.99. The fourth-order valence-electron chi connectivity index (χ4n) is 3.67. The molecule has 3 heteroatoms. The van der Waals surface area contributed by atoms with Crippen molar-refractivity contribution in [3.8, 4) is 0 Å². The third-order valence-electron chi connectivity index (χ3n) is 4.98. The van der Waals surface area contributed by atoms with Crippen LogP contribution in [0.2, 0.25) is 0 Å². The van der Waals surface area contributed by atoms with E-state index in [-0.39, 0.29) is 0 Å². The lowest BCUT2D eigenvalue weighted by molar-refractivity contribution is -0.139. The van der Waals surface area contributed by atoms with Gasteiger partial charge in [-0.2, -0.15) is 0 Å². The minimum Gasteiger partial charge on any atom is -0.336 e. The maximum atomic E-state index is 12.7. The zero-order chi connectivity index (χ0) is 12.5. The molecule has 1 aliphatic heterocycles. The highest BCUT2D eigenvalue weighted by Gasteiger charge is 2.40. The van der Waals surface area contributed by atoms with Crippen molar-refractivity contribution in [1.29, 1.82) is 0 Å². The van der Waals surface area contributed by atoms with Gasteiger partial charge in [-0.15, -0.1) is 0 Å². The van der Waals surface area contributed by atoms with Gasteiger partial charge in [-0.1, -0.05) is 12.8 Å². The second-order valence-corrected chi connectivity index (χ2v) is 6.49. The molecule has 0 aromatic heterocycles. The largest absolute Gasteiger partial charge is 0.336 e. The summed E-state index contributed by atoms with van der Waals surface area (Å²) in [4.78, 5) is 17.4. The van der Waals surface area contributed by atoms with Gasteiger partial charge in [0.25, 0.3) is 0 Å². The monoisotopic (exact) mass is 250 g/mol. The summed E-state index contributed by atoms with van der Waals surface area (Å²) in [6, 6.07) is 1.15. The molecule has 3 nitrogen and oxygen atoms in total. The quantitative estimate of drug-likeness (QED) is 0.767. The first-order valence-electron chi connectivity index (χ1n) is 7.76. The number of hydrogen-bond acceptors (Lipinski definition) is 2. The molecule has 0 aromatic carbocycles. The Hall–Kier alpha value is -0.570. The molecule has 102 valence electrons. The van der Waals surface area contributed by atoms with Gasteiger partial charge in [0.1, 0.15) is 0 Å². The molecule has 0 unspecified atom stereocenters. The Morgan fingerprint density at radius 3 is 2.06 bits per heavy atom. The Morgan fingerprint density at radius 2 is 1.50 bits per heavy atom. The van der Waals surface area contributed by atoms with Crippen LogP contribution < -0.4 is 0 Å². The van der Waals surface area contributed by atoms with E-state index < -0.39 is 0 Å². The Morgan fingerprint density at radius 1 is 0.944 bits per heavy atom. The van der Waals surface area contributed by atoms with Crippen molar-refractivity contribution in [3.05, 3.63) is 0 Å². The van der Waals surface area contributed by atoms with Crippen molar-refractivity contribution < 1.29 is 4.79 Å². The Labute approximate surface area is 111 Å². The predicted molar refractivity (Wildman–Crippen MR) is 72.3 cm³/mol. The lowest BCUT2D eigenvalue weighted by Gasteiger charge is -2.38. The Kier molecular flexibility index (Phi) is 3.60. The van der Waals surface area contributed by atoms with Crippen LogP contribution in [0.3, 0.4) is 0 Å². The molecule has 2 aliphatic carbocycles. The molecule has 0 aromatic rings. The van der Waals surface area contributed by atoms with Crippen LogP contribution in [-0.2, 0) is 4.79 Å². The molecule has 3 fully saturated rings. The van der Waals surface area contributed by atoms with Crippen LogP contribution >= 0.6 is 0 Å². The van der Waals surface area contributed by atoms with Crippen LogP contribution in [0.15, 0.2) is 0 Å². The maximum Gasteiger partial charge on any atom is 0.226 e. The summed E-state index contributed by atoms with van der Waals surface area (Å²) in [7, 11) is 2.19. The van der Waals surface area contributed by atoms with Crippen LogP contribution in [0, 0.1) is 5.92 Å². The lowest BCUT2D eigenvalue weighted by Crippen LogP contribution is -2.49. The van der Waals surface area contributed by atoms with Gasteiger partial charge in [-0.05, 0) is 58.7 Å². The molecular weight excluding hydrogens is 224 g/mol. The van der Waals surface area contributed by atoms with E-state index in [9.17, 15) is 4.79 Å². The molecule has 0 spiro atoms. The van der Waals surface area contributed by atoms with Gasteiger partial charge in [0.15, 0.2) is 0 Å². The highest BCUT2D eigenvalue weighted by molar-refractivity contribution is 5.80. The van der Waals surface area contributed by atoms with Crippen molar-refractivity contribution >= 4 is 5.91 Å². The molecule has 1 heterocycles. The predicted octanol–water partition coefficient (Wildman–Crippen LogP) is 2.26. The average molecular weight is 250 g/mol. The standard InChI is InChI=1S/C15H26N2O/c1-16-10-8-14(9-11-16)17(13-6-7-13)15(18)12-4-2-3-5-12/h12-14H,2-11H2,1H3. The number of piperidine rings is 1. The smallest absolute Gasteiger partial charge is 0.226 e. The third-order valence-corrected chi connectivity index (χ3v) is 4.98. The first-order chi connectivity index (χ1) is 8.75. The Bertz CT molecular complexity index is 300. The van der Waals surface area contributed by atoms with Crippen molar-refractivity contribution in [2.24, 2.45) is 5.92 Å². The number of hydrogen-bond donors (Lipinski definition) is 0. The zero-order valence-electron chi connectivity index (χ0n) is 11.6. The van der Waals surface area contributed by atoms with Gasteiger partial charge >= 0.3 is 0 Å². The SMILES string of the molecule is CN1CCC(N(C(=O)C2CCCC2)C2CC2)CC1. The first kappa shape index (κ1) is 12.5. The second kappa shape index (κ2) is 5.20. The van der Waals surface area contributed by atoms with E-state index in [1.54, 1.807) is 0 Å². The summed E-state index contributed by atoms with van der Waals surface area (Å²) in [5.74, 6) is 0.870. The van der Waals surface area contributed by atoms with E-state index in [2.05, 4.69) is 16.8 Å². The third kappa shape index (κ3) is 2.56. The van der Waals surface area contributed by atoms with E-state index in [1.807, 2.05) is 0 Å². The molecule has 1 amide bonds. The molecule has 0 radical (unpaired) electrons. The molecule has 1 saturated heterocycles. The van der Waals surface area contributed by atoms with Crippen LogP contribution in [0.25, 0.3) is 0 Å². The molecular formula is C15H26N2O. The molecule has 0 bridgehead atoms. The van der Waals surface area contributed by atoms with Crippen LogP contribution in [0.4, 0.5) is 0 Å². The van der Waals surface area contributed by atoms with Gasteiger partial charge in [0.05, 0.1) is 0 Å². The minimum atomic E-state index is 0.366. The van der Waals surface area contributed by atoms with E-state index in [0.29, 0.717) is 23.9 Å². The van der Waals surface area contributed by atoms with E-state index in [0.717, 1.165) is 25.9 Å². The fraction of sp³-hybridized carbons (Fsp3) is 0.933. The number of likely N-dealkylation sites (tertiary alicyclic amines) is 1. The number of nitrogens with zero attached hydrogens (tertiary/aromatic N) is 2. The summed E-state index contributed by atoms with van der Waals surface area (Å²) >= 11 is 0. The normalized spacial score (nSPS) is 27.6. The van der Waals surface area contributed by atoms with Gasteiger partial charge in [0, 0.05) is 18.0 Å². The second-order valence-electron chi connectivity index (χ2n) is 6.49. The van der Waals surface area contributed by atoms with Gasteiger partial charge in [-0.25, -0.2) is 0 Å². The first-order valence-corrected chi connectivity index (χ1v) is 7.76. The van der Waals surface area contributed by atoms with E-state index >= 15 is 0 Å². The Balaban J connectivity index is 1.65. The van der Waals surface area contributed by atoms with Crippen LogP contribution in [-0.4, -0.2) is 47.9 Å². The van der Waals surface area contributed by atoms with Crippen LogP contribution in [0.1, 0.15) is 51.4 Å². The minimum absolute atomic E-state index is 0.366. The van der Waals surface area contributed by atoms with Gasteiger partial charge in [-0.3, -0.25) is 4.79 Å². The highest BCUT2D eigenvalue weighted by atomic mass is 16.2. The summed E-state index contributed by atoms with van der Waals surface area (Å²) in [5.41, 5.74) is 0. The highest BCUT2D eigenvalue weighted by Crippen LogP contribution is 2.36. The summed E-state index contributed by atoms with van der Waals surface area (Å²) < 4.78 is 0. The van der Waals surface area contributed by atoms with Crippen molar-refractivity contribution in [2.75, 3.05) is 20.1 Å². The van der Waals surface area contributed by atoms with Crippen molar-refractivity contribution in [3.63, 3.8) is 0 Å². The van der Waals surface area contributed by atoms with Gasteiger partial charge < -0.3 is 9.80 Å². The van der Waals surface area contributed by atoms with E-state index in [4.69, 9.17) is 0 Å². The number of carbonyl (C=O) groups excluding carboxylic acids is 1. The summed E-state index contributed by atoms with van der Waals surface area (Å²) in [6.07, 6.45) is 9.71. The van der Waals surface area contributed by atoms with Crippen molar-refractivity contribution in [1.82, 2.24) is 9.80 Å².